The molecule has 4 heterocycles. The summed E-state index contributed by atoms with van der Waals surface area (Å²) >= 11 is 0. The molecule has 0 saturated carbocycles. The van der Waals surface area contributed by atoms with Crippen molar-refractivity contribution in [1.82, 2.24) is 29.9 Å². The number of hydrogen-bond acceptors (Lipinski definition) is 5. The van der Waals surface area contributed by atoms with E-state index in [4.69, 9.17) is 0 Å². The maximum Gasteiger partial charge on any atom is 0.254 e. The van der Waals surface area contributed by atoms with Gasteiger partial charge < -0.3 is 10.2 Å². The van der Waals surface area contributed by atoms with E-state index in [1.165, 1.54) is 0 Å². The highest BCUT2D eigenvalue weighted by Gasteiger charge is 2.32. The average Bonchev–Trinajstić information content (AvgIpc) is 3.28. The molecule has 2 saturated heterocycles. The molecule has 2 aliphatic heterocycles. The Morgan fingerprint density at radius 1 is 1.27 bits per heavy atom. The molecule has 26 heavy (non-hydrogen) atoms. The van der Waals surface area contributed by atoms with Crippen LogP contribution in [0.15, 0.2) is 12.3 Å². The van der Waals surface area contributed by atoms with Crippen LogP contribution in [0.5, 0.6) is 0 Å². The number of aromatic nitrogens is 3. The first-order chi connectivity index (χ1) is 12.5. The van der Waals surface area contributed by atoms with Crippen molar-refractivity contribution in [1.29, 1.82) is 0 Å². The van der Waals surface area contributed by atoms with Gasteiger partial charge in [-0.15, -0.1) is 0 Å². The Hall–Kier alpha value is -1.99. The second-order valence-corrected chi connectivity index (χ2v) is 7.71. The number of rotatable bonds is 3. The van der Waals surface area contributed by atoms with Crippen LogP contribution >= 0.6 is 0 Å². The summed E-state index contributed by atoms with van der Waals surface area (Å²) in [6, 6.07) is 2.61. The van der Waals surface area contributed by atoms with Crippen LogP contribution in [0.1, 0.15) is 42.4 Å². The quantitative estimate of drug-likeness (QED) is 0.901. The molecule has 0 spiro atoms. The van der Waals surface area contributed by atoms with E-state index in [1.807, 2.05) is 22.6 Å². The topological polar surface area (TPSA) is 66.3 Å². The van der Waals surface area contributed by atoms with Gasteiger partial charge in [0.2, 0.25) is 0 Å². The Balaban J connectivity index is 1.58. The van der Waals surface area contributed by atoms with Crippen molar-refractivity contribution in [3.05, 3.63) is 23.5 Å². The van der Waals surface area contributed by atoms with Crippen molar-refractivity contribution in [3.63, 3.8) is 0 Å². The normalized spacial score (nSPS) is 21.8. The lowest BCUT2D eigenvalue weighted by Gasteiger charge is -2.32. The van der Waals surface area contributed by atoms with Crippen LogP contribution in [0.3, 0.4) is 0 Å². The standard InChI is InChI=1S/C19H28N6O/c1-13(2)25-18-17(11-21-25)16(10-14(3)22-18)19(26)24-7-4-15(12-24)23-8-5-20-6-9-23/h10-11,13,15,20H,4-9,12H2,1-3H3. The third-order valence-corrected chi connectivity index (χ3v) is 5.53. The Bertz CT molecular complexity index is 808. The third-order valence-electron chi connectivity index (χ3n) is 5.53. The van der Waals surface area contributed by atoms with E-state index in [0.717, 1.165) is 68.0 Å². The highest BCUT2D eigenvalue weighted by atomic mass is 16.2. The monoisotopic (exact) mass is 356 g/mol. The zero-order valence-corrected chi connectivity index (χ0v) is 15.9. The summed E-state index contributed by atoms with van der Waals surface area (Å²) in [5, 5.41) is 8.72. The summed E-state index contributed by atoms with van der Waals surface area (Å²) in [5.74, 6) is 0.112. The third kappa shape index (κ3) is 3.10. The molecule has 140 valence electrons. The number of amides is 1. The van der Waals surface area contributed by atoms with Crippen molar-refractivity contribution < 1.29 is 4.79 Å². The molecule has 1 amide bonds. The van der Waals surface area contributed by atoms with Crippen molar-refractivity contribution in [2.75, 3.05) is 39.3 Å². The number of nitrogens with one attached hydrogen (secondary N) is 1. The molecule has 1 unspecified atom stereocenters. The molecule has 0 radical (unpaired) electrons. The van der Waals surface area contributed by atoms with E-state index in [2.05, 4.69) is 34.1 Å². The number of fused-ring (bicyclic) bond motifs is 1. The molecule has 7 heteroatoms. The van der Waals surface area contributed by atoms with E-state index in [0.29, 0.717) is 6.04 Å². The molecule has 0 aliphatic carbocycles. The minimum absolute atomic E-state index is 0.112. The molecule has 2 aromatic rings. The predicted octanol–water partition coefficient (Wildman–Crippen LogP) is 1.44. The van der Waals surface area contributed by atoms with Crippen LogP contribution in [-0.2, 0) is 0 Å². The maximum atomic E-state index is 13.3. The van der Waals surface area contributed by atoms with Gasteiger partial charge in [-0.05, 0) is 33.3 Å². The van der Waals surface area contributed by atoms with Gasteiger partial charge in [-0.25, -0.2) is 9.67 Å². The number of nitrogens with zero attached hydrogens (tertiary/aromatic N) is 5. The fraction of sp³-hybridized carbons (Fsp3) is 0.632. The predicted molar refractivity (Wildman–Crippen MR) is 101 cm³/mol. The number of carbonyl (C=O) groups excluding carboxylic acids is 1. The largest absolute Gasteiger partial charge is 0.337 e. The fourth-order valence-electron chi connectivity index (χ4n) is 4.14. The Kier molecular flexibility index (Phi) is 4.67. The van der Waals surface area contributed by atoms with E-state index < -0.39 is 0 Å². The summed E-state index contributed by atoms with van der Waals surface area (Å²) in [7, 11) is 0. The molecule has 4 rings (SSSR count). The number of hydrogen-bond donors (Lipinski definition) is 1. The molecule has 2 aromatic heterocycles. The molecule has 0 bridgehead atoms. The highest BCUT2D eigenvalue weighted by Crippen LogP contribution is 2.25. The van der Waals surface area contributed by atoms with Crippen LogP contribution in [0.4, 0.5) is 0 Å². The fourth-order valence-corrected chi connectivity index (χ4v) is 4.14. The zero-order valence-electron chi connectivity index (χ0n) is 15.9. The number of piperazine rings is 1. The van der Waals surface area contributed by atoms with E-state index in [9.17, 15) is 4.79 Å². The van der Waals surface area contributed by atoms with Crippen molar-refractivity contribution in [2.24, 2.45) is 0 Å². The Morgan fingerprint density at radius 2 is 2.04 bits per heavy atom. The van der Waals surface area contributed by atoms with Gasteiger partial charge in [-0.3, -0.25) is 9.69 Å². The molecule has 2 aliphatic rings. The molecule has 0 aromatic carbocycles. The summed E-state index contributed by atoms with van der Waals surface area (Å²) in [6.07, 6.45) is 2.85. The average molecular weight is 356 g/mol. The first-order valence-electron chi connectivity index (χ1n) is 9.63. The van der Waals surface area contributed by atoms with Gasteiger partial charge in [0, 0.05) is 57.0 Å². The lowest BCUT2D eigenvalue weighted by Crippen LogP contribution is -2.49. The molecule has 1 N–H and O–H groups in total. The maximum absolute atomic E-state index is 13.3. The Morgan fingerprint density at radius 3 is 2.77 bits per heavy atom. The second-order valence-electron chi connectivity index (χ2n) is 7.71. The van der Waals surface area contributed by atoms with Gasteiger partial charge in [-0.1, -0.05) is 0 Å². The first kappa shape index (κ1) is 17.4. The number of aryl methyl sites for hydroxylation is 1. The van der Waals surface area contributed by atoms with Gasteiger partial charge in [0.15, 0.2) is 5.65 Å². The smallest absolute Gasteiger partial charge is 0.254 e. The highest BCUT2D eigenvalue weighted by molar-refractivity contribution is 6.05. The lowest BCUT2D eigenvalue weighted by molar-refractivity contribution is 0.0775. The van der Waals surface area contributed by atoms with Crippen molar-refractivity contribution in [2.45, 2.75) is 39.3 Å². The van der Waals surface area contributed by atoms with Crippen molar-refractivity contribution >= 4 is 16.9 Å². The number of likely N-dealkylation sites (tertiary alicyclic amines) is 1. The van der Waals surface area contributed by atoms with Gasteiger partial charge in [0.25, 0.3) is 5.91 Å². The molecule has 2 fully saturated rings. The molecular weight excluding hydrogens is 328 g/mol. The first-order valence-corrected chi connectivity index (χ1v) is 9.63. The van der Waals surface area contributed by atoms with Gasteiger partial charge in [-0.2, -0.15) is 5.10 Å². The molecule has 1 atom stereocenters. The van der Waals surface area contributed by atoms with Crippen LogP contribution < -0.4 is 5.32 Å². The SMILES string of the molecule is Cc1cc(C(=O)N2CCC(N3CCNCC3)C2)c2cnn(C(C)C)c2n1. The summed E-state index contributed by atoms with van der Waals surface area (Å²) in [5.41, 5.74) is 2.41. The summed E-state index contributed by atoms with van der Waals surface area (Å²) in [4.78, 5) is 22.4. The van der Waals surface area contributed by atoms with Gasteiger partial charge >= 0.3 is 0 Å². The van der Waals surface area contributed by atoms with E-state index >= 15 is 0 Å². The lowest BCUT2D eigenvalue weighted by atomic mass is 10.1. The molecule has 7 nitrogen and oxygen atoms in total. The summed E-state index contributed by atoms with van der Waals surface area (Å²) < 4.78 is 1.90. The number of pyridine rings is 1. The summed E-state index contributed by atoms with van der Waals surface area (Å²) in [6.45, 7) is 12.0. The van der Waals surface area contributed by atoms with Crippen LogP contribution in [0, 0.1) is 6.92 Å². The van der Waals surface area contributed by atoms with Gasteiger partial charge in [0.1, 0.15) is 0 Å². The van der Waals surface area contributed by atoms with Crippen molar-refractivity contribution in [3.8, 4) is 0 Å². The van der Waals surface area contributed by atoms with Gasteiger partial charge in [0.05, 0.1) is 17.1 Å². The minimum Gasteiger partial charge on any atom is -0.337 e. The Labute approximate surface area is 154 Å². The minimum atomic E-state index is 0.112. The van der Waals surface area contributed by atoms with E-state index in [1.54, 1.807) is 6.20 Å². The number of carbonyl (C=O) groups is 1. The van der Waals surface area contributed by atoms with Crippen LogP contribution in [0.25, 0.3) is 11.0 Å². The van der Waals surface area contributed by atoms with Crippen LogP contribution in [-0.4, -0.2) is 75.8 Å². The van der Waals surface area contributed by atoms with Crippen LogP contribution in [0.2, 0.25) is 0 Å². The molecular formula is C19H28N6O. The van der Waals surface area contributed by atoms with E-state index in [-0.39, 0.29) is 11.9 Å². The second kappa shape index (κ2) is 6.96. The zero-order chi connectivity index (χ0) is 18.3.